The maximum atomic E-state index is 12.2. The Kier molecular flexibility index (Phi) is 3.12. The van der Waals surface area contributed by atoms with Gasteiger partial charge in [-0.15, -0.1) is 0 Å². The maximum absolute atomic E-state index is 12.2. The minimum Gasteiger partial charge on any atom is -0.481 e. The predicted octanol–water partition coefficient (Wildman–Crippen LogP) is 1.19. The molecule has 1 saturated heterocycles. The third-order valence-electron chi connectivity index (χ3n) is 3.52. The van der Waals surface area contributed by atoms with Crippen LogP contribution >= 0.6 is 0 Å². The van der Waals surface area contributed by atoms with Crippen molar-refractivity contribution in [2.45, 2.75) is 38.8 Å². The van der Waals surface area contributed by atoms with Crippen molar-refractivity contribution in [3.63, 3.8) is 0 Å². The second kappa shape index (κ2) is 4.36. The van der Waals surface area contributed by atoms with Crippen LogP contribution in [0.5, 0.6) is 0 Å². The van der Waals surface area contributed by atoms with Gasteiger partial charge in [-0.1, -0.05) is 0 Å². The smallest absolute Gasteiger partial charge is 0.309 e. The molecule has 1 N–H and O–H groups in total. The lowest BCUT2D eigenvalue weighted by molar-refractivity contribution is -0.143. The van der Waals surface area contributed by atoms with E-state index in [2.05, 4.69) is 4.98 Å². The summed E-state index contributed by atoms with van der Waals surface area (Å²) in [7, 11) is 1.81. The number of rotatable bonds is 2. The molecule has 104 valence electrons. The number of nitrogens with zero attached hydrogens (tertiary/aromatic N) is 3. The molecule has 2 heterocycles. The number of hydrogen-bond donors (Lipinski definition) is 1. The molecule has 1 aromatic heterocycles. The van der Waals surface area contributed by atoms with Gasteiger partial charge in [-0.25, -0.2) is 4.98 Å². The van der Waals surface area contributed by atoms with Crippen molar-refractivity contribution in [1.82, 2.24) is 14.5 Å². The van der Waals surface area contributed by atoms with E-state index < -0.39 is 23.5 Å². The van der Waals surface area contributed by atoms with E-state index in [9.17, 15) is 14.7 Å². The quantitative estimate of drug-likeness (QED) is 0.871. The van der Waals surface area contributed by atoms with Crippen LogP contribution in [0.1, 0.15) is 38.9 Å². The van der Waals surface area contributed by atoms with Gasteiger partial charge in [0, 0.05) is 19.0 Å². The van der Waals surface area contributed by atoms with Gasteiger partial charge in [-0.3, -0.25) is 9.59 Å². The molecule has 0 bridgehead atoms. The molecule has 6 nitrogen and oxygen atoms in total. The molecule has 0 aliphatic carbocycles. The summed E-state index contributed by atoms with van der Waals surface area (Å²) < 4.78 is 1.78. The highest BCUT2D eigenvalue weighted by Crippen LogP contribution is 2.42. The van der Waals surface area contributed by atoms with Gasteiger partial charge in [0.2, 0.25) is 5.91 Å². The van der Waals surface area contributed by atoms with Crippen molar-refractivity contribution in [3.05, 3.63) is 18.2 Å². The number of carbonyl (C=O) groups excluding carboxylic acids is 1. The summed E-state index contributed by atoms with van der Waals surface area (Å²) in [5.74, 6) is -1.78. The number of imidazole rings is 1. The van der Waals surface area contributed by atoms with Crippen molar-refractivity contribution in [2.75, 3.05) is 0 Å². The van der Waals surface area contributed by atoms with Crippen LogP contribution in [0.2, 0.25) is 0 Å². The first-order chi connectivity index (χ1) is 8.73. The number of carbonyl (C=O) groups is 2. The van der Waals surface area contributed by atoms with E-state index >= 15 is 0 Å². The molecule has 1 amide bonds. The van der Waals surface area contributed by atoms with Crippen LogP contribution < -0.4 is 0 Å². The Morgan fingerprint density at radius 1 is 1.47 bits per heavy atom. The fraction of sp³-hybridized carbons (Fsp3) is 0.615. The number of amides is 1. The van der Waals surface area contributed by atoms with Crippen LogP contribution in [-0.2, 0) is 16.6 Å². The molecule has 6 heteroatoms. The fourth-order valence-corrected chi connectivity index (χ4v) is 2.74. The highest BCUT2D eigenvalue weighted by atomic mass is 16.4. The van der Waals surface area contributed by atoms with E-state index in [0.717, 1.165) is 5.69 Å². The summed E-state index contributed by atoms with van der Waals surface area (Å²) >= 11 is 0. The molecule has 2 unspecified atom stereocenters. The molecule has 0 aromatic carbocycles. The molecular formula is C13H19N3O3. The number of carboxylic acid groups (broad SMARTS) is 1. The van der Waals surface area contributed by atoms with Gasteiger partial charge in [-0.05, 0) is 20.8 Å². The van der Waals surface area contributed by atoms with Crippen molar-refractivity contribution >= 4 is 11.9 Å². The summed E-state index contributed by atoms with van der Waals surface area (Å²) in [5.41, 5.74) is 0.337. The van der Waals surface area contributed by atoms with Gasteiger partial charge < -0.3 is 14.6 Å². The second-order valence-electron chi connectivity index (χ2n) is 5.96. The van der Waals surface area contributed by atoms with E-state index in [1.807, 2.05) is 27.8 Å². The van der Waals surface area contributed by atoms with Crippen LogP contribution in [0, 0.1) is 5.92 Å². The molecule has 2 rings (SSSR count). The zero-order valence-corrected chi connectivity index (χ0v) is 11.6. The summed E-state index contributed by atoms with van der Waals surface area (Å²) in [6.45, 7) is 5.75. The molecule has 1 fully saturated rings. The molecular weight excluding hydrogens is 246 g/mol. The summed E-state index contributed by atoms with van der Waals surface area (Å²) in [5, 5.41) is 9.37. The number of aryl methyl sites for hydroxylation is 1. The predicted molar refractivity (Wildman–Crippen MR) is 68.3 cm³/mol. The van der Waals surface area contributed by atoms with Crippen LogP contribution in [0.4, 0.5) is 0 Å². The molecule has 1 aliphatic rings. The van der Waals surface area contributed by atoms with Crippen LogP contribution in [-0.4, -0.2) is 37.0 Å². The summed E-state index contributed by atoms with van der Waals surface area (Å²) in [6, 6.07) is -0.461. The van der Waals surface area contributed by atoms with Crippen LogP contribution in [0.15, 0.2) is 12.5 Å². The zero-order valence-electron chi connectivity index (χ0n) is 11.6. The number of likely N-dealkylation sites (tertiary alicyclic amines) is 1. The zero-order chi connectivity index (χ0) is 14.4. The lowest BCUT2D eigenvalue weighted by Crippen LogP contribution is -2.45. The van der Waals surface area contributed by atoms with Crippen molar-refractivity contribution in [1.29, 1.82) is 0 Å². The minimum absolute atomic E-state index is 0.0441. The summed E-state index contributed by atoms with van der Waals surface area (Å²) in [6.07, 6.45) is 3.30. The van der Waals surface area contributed by atoms with Crippen LogP contribution in [0.25, 0.3) is 0 Å². The lowest BCUT2D eigenvalue weighted by atomic mass is 9.95. The van der Waals surface area contributed by atoms with Crippen molar-refractivity contribution < 1.29 is 14.7 Å². The molecule has 0 spiro atoms. The standard InChI is InChI=1S/C13H19N3O3/c1-13(2,3)16-10(17)5-8(12(18)19)11(16)9-6-14-7-15(9)4/h6-8,11H,5H2,1-4H3,(H,18,19). The fourth-order valence-electron chi connectivity index (χ4n) is 2.74. The second-order valence-corrected chi connectivity index (χ2v) is 5.96. The average molecular weight is 265 g/mol. The normalized spacial score (nSPS) is 24.0. The lowest BCUT2D eigenvalue weighted by Gasteiger charge is -2.38. The Labute approximate surface area is 112 Å². The molecule has 2 atom stereocenters. The third kappa shape index (κ3) is 2.22. The number of aromatic nitrogens is 2. The maximum Gasteiger partial charge on any atom is 0.309 e. The Morgan fingerprint density at radius 2 is 2.11 bits per heavy atom. The van der Waals surface area contributed by atoms with Gasteiger partial charge in [0.25, 0.3) is 0 Å². The molecule has 1 aliphatic heterocycles. The first kappa shape index (κ1) is 13.6. The Hall–Kier alpha value is -1.85. The van der Waals surface area contributed by atoms with E-state index in [-0.39, 0.29) is 12.3 Å². The van der Waals surface area contributed by atoms with E-state index in [1.54, 1.807) is 22.0 Å². The van der Waals surface area contributed by atoms with Gasteiger partial charge in [-0.2, -0.15) is 0 Å². The number of hydrogen-bond acceptors (Lipinski definition) is 3. The number of aliphatic carboxylic acids is 1. The summed E-state index contributed by atoms with van der Waals surface area (Å²) in [4.78, 5) is 29.3. The largest absolute Gasteiger partial charge is 0.481 e. The highest BCUT2D eigenvalue weighted by molar-refractivity contribution is 5.87. The SMILES string of the molecule is Cn1cncc1C1C(C(=O)O)CC(=O)N1C(C)(C)C. The average Bonchev–Trinajstić information content (AvgIpc) is 2.80. The molecule has 0 radical (unpaired) electrons. The van der Waals surface area contributed by atoms with Gasteiger partial charge in [0.05, 0.1) is 30.2 Å². The van der Waals surface area contributed by atoms with Gasteiger partial charge >= 0.3 is 5.97 Å². The van der Waals surface area contributed by atoms with Crippen molar-refractivity contribution in [2.24, 2.45) is 13.0 Å². The molecule has 0 saturated carbocycles. The van der Waals surface area contributed by atoms with Gasteiger partial charge in [0.15, 0.2) is 0 Å². The van der Waals surface area contributed by atoms with Crippen molar-refractivity contribution in [3.8, 4) is 0 Å². The Balaban J connectivity index is 2.51. The van der Waals surface area contributed by atoms with E-state index in [0.29, 0.717) is 0 Å². The van der Waals surface area contributed by atoms with E-state index in [1.165, 1.54) is 0 Å². The van der Waals surface area contributed by atoms with Gasteiger partial charge in [0.1, 0.15) is 0 Å². The Bertz CT molecular complexity index is 515. The van der Waals surface area contributed by atoms with E-state index in [4.69, 9.17) is 0 Å². The Morgan fingerprint density at radius 3 is 2.53 bits per heavy atom. The molecule has 19 heavy (non-hydrogen) atoms. The van der Waals surface area contributed by atoms with Crippen LogP contribution in [0.3, 0.4) is 0 Å². The minimum atomic E-state index is -0.939. The highest BCUT2D eigenvalue weighted by Gasteiger charge is 2.49. The third-order valence-corrected chi connectivity index (χ3v) is 3.52. The monoisotopic (exact) mass is 265 g/mol. The topological polar surface area (TPSA) is 75.4 Å². The number of carboxylic acids is 1. The molecule has 1 aromatic rings. The first-order valence-corrected chi connectivity index (χ1v) is 6.24. The first-order valence-electron chi connectivity index (χ1n) is 6.24.